The zero-order chi connectivity index (χ0) is 11.5. The Bertz CT molecular complexity index is 183. The van der Waals surface area contributed by atoms with Gasteiger partial charge in [0.2, 0.25) is 6.41 Å². The van der Waals surface area contributed by atoms with Crippen molar-refractivity contribution in [2.75, 3.05) is 0 Å². The molecule has 0 aromatic heterocycles. The molecule has 0 fully saturated rings. The molecule has 0 bridgehead atoms. The van der Waals surface area contributed by atoms with Crippen LogP contribution in [0, 0.1) is 0 Å². The van der Waals surface area contributed by atoms with Gasteiger partial charge in [0.05, 0.1) is 0 Å². The molecule has 0 unspecified atom stereocenters. The Morgan fingerprint density at radius 3 is 2.40 bits per heavy atom. The largest absolute Gasteiger partial charge is 0.480 e. The zero-order valence-corrected chi connectivity index (χ0v) is 9.37. The quantitative estimate of drug-likeness (QED) is 0.432. The second-order valence-corrected chi connectivity index (χ2v) is 3.73. The van der Waals surface area contributed by atoms with E-state index < -0.39 is 12.0 Å². The van der Waals surface area contributed by atoms with Crippen LogP contribution in [0.4, 0.5) is 0 Å². The van der Waals surface area contributed by atoms with E-state index in [0.717, 1.165) is 19.3 Å². The van der Waals surface area contributed by atoms with Gasteiger partial charge in [-0.2, -0.15) is 0 Å². The van der Waals surface area contributed by atoms with Crippen molar-refractivity contribution in [3.8, 4) is 0 Å². The number of carboxylic acid groups (broad SMARTS) is 1. The lowest BCUT2D eigenvalue weighted by Crippen LogP contribution is -2.35. The molecule has 15 heavy (non-hydrogen) atoms. The van der Waals surface area contributed by atoms with Crippen LogP contribution in [0.15, 0.2) is 0 Å². The van der Waals surface area contributed by atoms with Crippen LogP contribution < -0.4 is 5.32 Å². The molecule has 0 spiro atoms. The molecular formula is C11H21NO3. The first-order chi connectivity index (χ1) is 7.22. The number of nitrogens with one attached hydrogen (secondary N) is 1. The van der Waals surface area contributed by atoms with E-state index in [1.807, 2.05) is 0 Å². The summed E-state index contributed by atoms with van der Waals surface area (Å²) in [5, 5.41) is 11.0. The van der Waals surface area contributed by atoms with Gasteiger partial charge in [-0.25, -0.2) is 4.79 Å². The Hall–Kier alpha value is -1.06. The lowest BCUT2D eigenvalue weighted by Gasteiger charge is -2.10. The van der Waals surface area contributed by atoms with Crippen LogP contribution in [0.1, 0.15) is 51.9 Å². The number of carboxylic acids is 1. The van der Waals surface area contributed by atoms with Crippen molar-refractivity contribution >= 4 is 12.4 Å². The van der Waals surface area contributed by atoms with Gasteiger partial charge in [-0.1, -0.05) is 45.4 Å². The molecule has 1 atom stereocenters. The number of unbranched alkanes of at least 4 members (excludes halogenated alkanes) is 5. The molecule has 4 heteroatoms. The highest BCUT2D eigenvalue weighted by atomic mass is 16.4. The Morgan fingerprint density at radius 1 is 1.27 bits per heavy atom. The molecule has 0 heterocycles. The molecule has 0 aliphatic carbocycles. The van der Waals surface area contributed by atoms with Gasteiger partial charge in [-0.15, -0.1) is 0 Å². The Kier molecular flexibility index (Phi) is 8.82. The van der Waals surface area contributed by atoms with Gasteiger partial charge < -0.3 is 10.4 Å². The molecule has 0 aliphatic heterocycles. The van der Waals surface area contributed by atoms with Gasteiger partial charge in [0.25, 0.3) is 0 Å². The fraction of sp³-hybridized carbons (Fsp3) is 0.818. The van der Waals surface area contributed by atoms with E-state index in [-0.39, 0.29) is 0 Å². The summed E-state index contributed by atoms with van der Waals surface area (Å²) < 4.78 is 0. The molecule has 0 saturated carbocycles. The summed E-state index contributed by atoms with van der Waals surface area (Å²) >= 11 is 0. The van der Waals surface area contributed by atoms with Crippen molar-refractivity contribution in [3.63, 3.8) is 0 Å². The maximum absolute atomic E-state index is 10.6. The lowest BCUT2D eigenvalue weighted by molar-refractivity contribution is -0.140. The number of rotatable bonds is 10. The van der Waals surface area contributed by atoms with Crippen molar-refractivity contribution < 1.29 is 14.7 Å². The molecule has 0 radical (unpaired) electrons. The monoisotopic (exact) mass is 215 g/mol. The van der Waals surface area contributed by atoms with E-state index in [0.29, 0.717) is 12.8 Å². The summed E-state index contributed by atoms with van der Waals surface area (Å²) in [5.41, 5.74) is 0. The minimum atomic E-state index is -0.948. The molecule has 2 N–H and O–H groups in total. The Morgan fingerprint density at radius 2 is 1.87 bits per heavy atom. The molecule has 0 aromatic carbocycles. The first-order valence-electron chi connectivity index (χ1n) is 5.64. The van der Waals surface area contributed by atoms with Crippen LogP contribution in [-0.2, 0) is 9.59 Å². The van der Waals surface area contributed by atoms with Gasteiger partial charge >= 0.3 is 5.97 Å². The summed E-state index contributed by atoms with van der Waals surface area (Å²) in [6.07, 6.45) is 7.72. The molecule has 0 saturated heterocycles. The molecule has 1 amide bonds. The Balaban J connectivity index is 3.45. The van der Waals surface area contributed by atoms with E-state index in [9.17, 15) is 9.59 Å². The minimum Gasteiger partial charge on any atom is -0.480 e. The number of hydrogen-bond acceptors (Lipinski definition) is 2. The predicted octanol–water partition coefficient (Wildman–Crippen LogP) is 1.94. The van der Waals surface area contributed by atoms with Crippen LogP contribution in [-0.4, -0.2) is 23.5 Å². The lowest BCUT2D eigenvalue weighted by atomic mass is 10.1. The number of aliphatic carboxylic acids is 1. The third-order valence-corrected chi connectivity index (χ3v) is 2.41. The highest BCUT2D eigenvalue weighted by Crippen LogP contribution is 2.08. The van der Waals surface area contributed by atoms with Gasteiger partial charge in [0.15, 0.2) is 0 Å². The summed E-state index contributed by atoms with van der Waals surface area (Å²) in [7, 11) is 0. The summed E-state index contributed by atoms with van der Waals surface area (Å²) in [5.74, 6) is -0.948. The molecule has 88 valence electrons. The highest BCUT2D eigenvalue weighted by Gasteiger charge is 2.14. The van der Waals surface area contributed by atoms with Gasteiger partial charge in [-0.3, -0.25) is 4.79 Å². The van der Waals surface area contributed by atoms with Crippen LogP contribution in [0.25, 0.3) is 0 Å². The number of carbonyl (C=O) groups is 2. The fourth-order valence-corrected chi connectivity index (χ4v) is 1.49. The first-order valence-corrected chi connectivity index (χ1v) is 5.64. The van der Waals surface area contributed by atoms with Crippen molar-refractivity contribution in [1.29, 1.82) is 0 Å². The van der Waals surface area contributed by atoms with Crippen molar-refractivity contribution in [3.05, 3.63) is 0 Å². The van der Waals surface area contributed by atoms with Gasteiger partial charge in [-0.05, 0) is 6.42 Å². The minimum absolute atomic E-state index is 0.454. The molecular weight excluding hydrogens is 194 g/mol. The topological polar surface area (TPSA) is 66.4 Å². The van der Waals surface area contributed by atoms with Crippen molar-refractivity contribution in [1.82, 2.24) is 5.32 Å². The van der Waals surface area contributed by atoms with Crippen LogP contribution >= 0.6 is 0 Å². The standard InChI is InChI=1S/C11H21NO3/c1-2-3-4-5-6-7-8-10(11(14)15)12-9-13/h9-10H,2-8H2,1H3,(H,12,13)(H,14,15)/t10-/m0/s1. The van der Waals surface area contributed by atoms with Crippen LogP contribution in [0.2, 0.25) is 0 Å². The van der Waals surface area contributed by atoms with Crippen LogP contribution in [0.5, 0.6) is 0 Å². The number of carbonyl (C=O) groups excluding carboxylic acids is 1. The molecule has 0 aliphatic rings. The molecule has 4 nitrogen and oxygen atoms in total. The summed E-state index contributed by atoms with van der Waals surface area (Å²) in [6, 6.07) is -0.714. The second-order valence-electron chi connectivity index (χ2n) is 3.73. The second kappa shape index (κ2) is 9.49. The summed E-state index contributed by atoms with van der Waals surface area (Å²) in [4.78, 5) is 20.8. The highest BCUT2D eigenvalue weighted by molar-refractivity contribution is 5.76. The average molecular weight is 215 g/mol. The first kappa shape index (κ1) is 13.9. The third-order valence-electron chi connectivity index (χ3n) is 2.41. The normalized spacial score (nSPS) is 12.1. The number of hydrogen-bond donors (Lipinski definition) is 2. The van der Waals surface area contributed by atoms with Crippen LogP contribution in [0.3, 0.4) is 0 Å². The summed E-state index contributed by atoms with van der Waals surface area (Å²) in [6.45, 7) is 2.16. The SMILES string of the molecule is CCCCCCCC[C@H](NC=O)C(=O)O. The smallest absolute Gasteiger partial charge is 0.326 e. The van der Waals surface area contributed by atoms with E-state index >= 15 is 0 Å². The van der Waals surface area contributed by atoms with E-state index in [2.05, 4.69) is 12.2 Å². The third kappa shape index (κ3) is 7.97. The molecule has 0 rings (SSSR count). The zero-order valence-electron chi connectivity index (χ0n) is 9.37. The number of amides is 1. The van der Waals surface area contributed by atoms with E-state index in [1.54, 1.807) is 0 Å². The van der Waals surface area contributed by atoms with Crippen molar-refractivity contribution in [2.24, 2.45) is 0 Å². The van der Waals surface area contributed by atoms with Crippen molar-refractivity contribution in [2.45, 2.75) is 57.9 Å². The van der Waals surface area contributed by atoms with Gasteiger partial charge in [0, 0.05) is 0 Å². The van der Waals surface area contributed by atoms with E-state index in [1.165, 1.54) is 19.3 Å². The predicted molar refractivity (Wildman–Crippen MR) is 58.6 cm³/mol. The Labute approximate surface area is 91.1 Å². The maximum atomic E-state index is 10.6. The fourth-order valence-electron chi connectivity index (χ4n) is 1.49. The van der Waals surface area contributed by atoms with E-state index in [4.69, 9.17) is 5.11 Å². The van der Waals surface area contributed by atoms with Gasteiger partial charge in [0.1, 0.15) is 6.04 Å². The molecule has 0 aromatic rings. The average Bonchev–Trinajstić information content (AvgIpc) is 2.21. The maximum Gasteiger partial charge on any atom is 0.326 e.